The fraction of sp³-hybridized carbons (Fsp3) is 0.333. The number of nitrogens with one attached hydrogen (secondary N) is 1. The Hall–Kier alpha value is -2.69. The normalized spacial score (nSPS) is 18.8. The van der Waals surface area contributed by atoms with Crippen LogP contribution in [0, 0.1) is 17.7 Å². The first-order valence-corrected chi connectivity index (χ1v) is 9.11. The van der Waals surface area contributed by atoms with Crippen molar-refractivity contribution in [2.45, 2.75) is 26.3 Å². The van der Waals surface area contributed by atoms with Gasteiger partial charge in [0.05, 0.1) is 5.69 Å². The van der Waals surface area contributed by atoms with Gasteiger partial charge in [-0.25, -0.2) is 9.37 Å². The van der Waals surface area contributed by atoms with Crippen LogP contribution in [0.5, 0.6) is 0 Å². The van der Waals surface area contributed by atoms with E-state index in [1.807, 2.05) is 12.1 Å². The van der Waals surface area contributed by atoms with E-state index in [0.29, 0.717) is 12.5 Å². The van der Waals surface area contributed by atoms with Crippen molar-refractivity contribution in [2.24, 2.45) is 11.8 Å². The van der Waals surface area contributed by atoms with Crippen LogP contribution in [0.25, 0.3) is 22.3 Å². The predicted octanol–water partition coefficient (Wildman–Crippen LogP) is 4.00. The lowest BCUT2D eigenvalue weighted by Gasteiger charge is -2.11. The number of fused-ring (bicyclic) bond motifs is 1. The predicted molar refractivity (Wildman–Crippen MR) is 100 cm³/mol. The monoisotopic (exact) mass is 351 g/mol. The average molecular weight is 351 g/mol. The topological polar surface area (TPSA) is 46.9 Å². The average Bonchev–Trinajstić information content (AvgIpc) is 3.27. The van der Waals surface area contributed by atoms with E-state index in [9.17, 15) is 9.18 Å². The van der Waals surface area contributed by atoms with Crippen LogP contribution in [0.3, 0.4) is 0 Å². The second-order valence-corrected chi connectivity index (χ2v) is 7.07. The molecule has 0 saturated heterocycles. The molecule has 1 saturated carbocycles. The molecule has 0 unspecified atom stereocenters. The summed E-state index contributed by atoms with van der Waals surface area (Å²) < 4.78 is 15.4. The molecule has 0 aliphatic heterocycles. The summed E-state index contributed by atoms with van der Waals surface area (Å²) in [5.74, 6) is 0.662. The first kappa shape index (κ1) is 16.8. The molecule has 1 aromatic carbocycles. The van der Waals surface area contributed by atoms with Crippen molar-refractivity contribution in [3.8, 4) is 11.3 Å². The summed E-state index contributed by atoms with van der Waals surface area (Å²) in [6, 6.07) is 12.6. The molecular formula is C21H22FN3O. The van der Waals surface area contributed by atoms with Gasteiger partial charge in [0, 0.05) is 30.6 Å². The minimum atomic E-state index is -0.244. The van der Waals surface area contributed by atoms with Crippen molar-refractivity contribution in [3.63, 3.8) is 0 Å². The number of amides is 1. The number of halogens is 1. The van der Waals surface area contributed by atoms with E-state index in [2.05, 4.69) is 27.9 Å². The van der Waals surface area contributed by atoms with Crippen LogP contribution in [0.2, 0.25) is 0 Å². The third-order valence-corrected chi connectivity index (χ3v) is 5.10. The standard InChI is InChI=1S/C21H22FN3O/c1-14-12-18(14)21(26)24-10-3-11-25-19(15-5-7-17(22)8-6-15)13-16-4-2-9-23-20(16)25/h2,4-9,13-14,18H,3,10-12H2,1H3,(H,24,26)/t14-,18+/m1/s1. The van der Waals surface area contributed by atoms with Crippen molar-refractivity contribution in [2.75, 3.05) is 6.54 Å². The smallest absolute Gasteiger partial charge is 0.223 e. The van der Waals surface area contributed by atoms with Crippen molar-refractivity contribution < 1.29 is 9.18 Å². The fourth-order valence-electron chi connectivity index (χ4n) is 3.44. The summed E-state index contributed by atoms with van der Waals surface area (Å²) in [7, 11) is 0. The number of aromatic nitrogens is 2. The highest BCUT2D eigenvalue weighted by Crippen LogP contribution is 2.37. The van der Waals surface area contributed by atoms with E-state index < -0.39 is 0 Å². The molecule has 1 fully saturated rings. The molecule has 4 nitrogen and oxygen atoms in total. The van der Waals surface area contributed by atoms with Crippen LogP contribution < -0.4 is 5.32 Å². The van der Waals surface area contributed by atoms with E-state index in [-0.39, 0.29) is 17.6 Å². The highest BCUT2D eigenvalue weighted by Gasteiger charge is 2.38. The number of hydrogen-bond acceptors (Lipinski definition) is 2. The lowest BCUT2D eigenvalue weighted by atomic mass is 10.1. The molecule has 1 aliphatic rings. The van der Waals surface area contributed by atoms with Crippen LogP contribution in [-0.4, -0.2) is 22.0 Å². The van der Waals surface area contributed by atoms with Crippen molar-refractivity contribution >= 4 is 16.9 Å². The molecule has 0 spiro atoms. The molecule has 0 bridgehead atoms. The first-order valence-electron chi connectivity index (χ1n) is 9.11. The maximum absolute atomic E-state index is 13.3. The molecule has 2 atom stereocenters. The summed E-state index contributed by atoms with van der Waals surface area (Å²) in [5, 5.41) is 4.09. The molecule has 2 heterocycles. The Bertz CT molecular complexity index is 932. The van der Waals surface area contributed by atoms with E-state index in [4.69, 9.17) is 0 Å². The third-order valence-electron chi connectivity index (χ3n) is 5.10. The van der Waals surface area contributed by atoms with E-state index in [1.165, 1.54) is 12.1 Å². The molecule has 1 aliphatic carbocycles. The van der Waals surface area contributed by atoms with Gasteiger partial charge >= 0.3 is 0 Å². The van der Waals surface area contributed by atoms with Crippen LogP contribution >= 0.6 is 0 Å². The molecule has 26 heavy (non-hydrogen) atoms. The molecule has 4 rings (SSSR count). The van der Waals surface area contributed by atoms with E-state index in [0.717, 1.165) is 41.7 Å². The van der Waals surface area contributed by atoms with Gasteiger partial charge < -0.3 is 9.88 Å². The fourth-order valence-corrected chi connectivity index (χ4v) is 3.44. The first-order chi connectivity index (χ1) is 12.6. The maximum atomic E-state index is 13.3. The van der Waals surface area contributed by atoms with Gasteiger partial charge in [-0.1, -0.05) is 6.92 Å². The van der Waals surface area contributed by atoms with Gasteiger partial charge in [0.25, 0.3) is 0 Å². The van der Waals surface area contributed by atoms with Gasteiger partial charge in [-0.3, -0.25) is 4.79 Å². The Morgan fingerprint density at radius 2 is 2.08 bits per heavy atom. The van der Waals surface area contributed by atoms with Gasteiger partial charge in [-0.2, -0.15) is 0 Å². The quantitative estimate of drug-likeness (QED) is 0.682. The second kappa shape index (κ2) is 6.90. The number of hydrogen-bond donors (Lipinski definition) is 1. The minimum absolute atomic E-state index is 0.173. The molecule has 5 heteroatoms. The van der Waals surface area contributed by atoms with Crippen molar-refractivity contribution in [3.05, 3.63) is 54.5 Å². The number of benzene rings is 1. The summed E-state index contributed by atoms with van der Waals surface area (Å²) >= 11 is 0. The summed E-state index contributed by atoms with van der Waals surface area (Å²) in [6.45, 7) is 3.50. The zero-order valence-corrected chi connectivity index (χ0v) is 14.8. The Labute approximate surface area is 152 Å². The molecular weight excluding hydrogens is 329 g/mol. The van der Waals surface area contributed by atoms with Crippen LogP contribution in [0.1, 0.15) is 19.8 Å². The zero-order chi connectivity index (χ0) is 18.1. The second-order valence-electron chi connectivity index (χ2n) is 7.07. The lowest BCUT2D eigenvalue weighted by Crippen LogP contribution is -2.27. The number of carbonyl (C=O) groups is 1. The molecule has 3 aromatic rings. The van der Waals surface area contributed by atoms with Gasteiger partial charge in [0.15, 0.2) is 0 Å². The summed E-state index contributed by atoms with van der Waals surface area (Å²) in [6.07, 6.45) is 3.61. The number of nitrogens with zero attached hydrogens (tertiary/aromatic N) is 2. The number of pyridine rings is 1. The van der Waals surface area contributed by atoms with Crippen LogP contribution in [-0.2, 0) is 11.3 Å². The van der Waals surface area contributed by atoms with Gasteiger partial charge in [0.2, 0.25) is 5.91 Å². The highest BCUT2D eigenvalue weighted by atomic mass is 19.1. The maximum Gasteiger partial charge on any atom is 0.223 e. The highest BCUT2D eigenvalue weighted by molar-refractivity contribution is 5.84. The van der Waals surface area contributed by atoms with Gasteiger partial charge in [-0.15, -0.1) is 0 Å². The number of aryl methyl sites for hydroxylation is 1. The summed E-state index contributed by atoms with van der Waals surface area (Å²) in [4.78, 5) is 16.5. The Morgan fingerprint density at radius 1 is 1.31 bits per heavy atom. The summed E-state index contributed by atoms with van der Waals surface area (Å²) in [5.41, 5.74) is 2.88. The molecule has 0 radical (unpaired) electrons. The molecule has 2 aromatic heterocycles. The van der Waals surface area contributed by atoms with E-state index >= 15 is 0 Å². The third kappa shape index (κ3) is 3.34. The lowest BCUT2D eigenvalue weighted by molar-refractivity contribution is -0.122. The number of rotatable bonds is 6. The zero-order valence-electron chi connectivity index (χ0n) is 14.8. The Kier molecular flexibility index (Phi) is 4.45. The van der Waals surface area contributed by atoms with Gasteiger partial charge in [0.1, 0.15) is 11.5 Å². The molecule has 1 N–H and O–H groups in total. The SMILES string of the molecule is C[C@@H]1C[C@@H]1C(=O)NCCCn1c(-c2ccc(F)cc2)cc2cccnc21. The van der Waals surface area contributed by atoms with Crippen LogP contribution in [0.15, 0.2) is 48.7 Å². The Balaban J connectivity index is 1.52. The minimum Gasteiger partial charge on any atom is -0.356 e. The Morgan fingerprint density at radius 3 is 2.81 bits per heavy atom. The number of carbonyl (C=O) groups excluding carboxylic acids is 1. The molecule has 1 amide bonds. The largest absolute Gasteiger partial charge is 0.356 e. The van der Waals surface area contributed by atoms with E-state index in [1.54, 1.807) is 18.3 Å². The molecule has 134 valence electrons. The van der Waals surface area contributed by atoms with Crippen molar-refractivity contribution in [1.29, 1.82) is 0 Å². The van der Waals surface area contributed by atoms with Crippen molar-refractivity contribution in [1.82, 2.24) is 14.9 Å². The van der Waals surface area contributed by atoms with Crippen LogP contribution in [0.4, 0.5) is 4.39 Å². The van der Waals surface area contributed by atoms with Gasteiger partial charge in [-0.05, 0) is 66.8 Å².